The maximum Gasteiger partial charge on any atom is 0.128 e. The fourth-order valence-electron chi connectivity index (χ4n) is 4.74. The molecule has 0 atom stereocenters. The Morgan fingerprint density at radius 1 is 1.03 bits per heavy atom. The summed E-state index contributed by atoms with van der Waals surface area (Å²) in [5, 5.41) is 11.1. The number of anilines is 1. The molecule has 2 heterocycles. The first-order valence-corrected chi connectivity index (χ1v) is 10.9. The number of hydrogen-bond acceptors (Lipinski definition) is 5. The second kappa shape index (κ2) is 9.14. The third kappa shape index (κ3) is 4.90. The Morgan fingerprint density at radius 3 is 2.38 bits per heavy atom. The molecule has 156 valence electrons. The standard InChI is InChI=1S/C24H33N3O2/c1-29-22-7-5-21(6-8-22)24(28)12-9-20(10-13-24)11-15-26-16-18-27(19-17-26)23-4-2-3-14-25-23/h2-8,14,20,28H,9-13,15-19H2,1H3. The van der Waals surface area contributed by atoms with Gasteiger partial charge in [0.25, 0.3) is 0 Å². The summed E-state index contributed by atoms with van der Waals surface area (Å²) in [4.78, 5) is 9.44. The van der Waals surface area contributed by atoms with Crippen molar-refractivity contribution in [1.82, 2.24) is 9.88 Å². The molecule has 0 radical (unpaired) electrons. The van der Waals surface area contributed by atoms with Gasteiger partial charge in [-0.15, -0.1) is 0 Å². The summed E-state index contributed by atoms with van der Waals surface area (Å²) in [6.45, 7) is 5.50. The molecule has 0 spiro atoms. The van der Waals surface area contributed by atoms with Crippen LogP contribution in [-0.4, -0.2) is 54.8 Å². The number of pyridine rings is 1. The van der Waals surface area contributed by atoms with Crippen molar-refractivity contribution in [2.24, 2.45) is 5.92 Å². The van der Waals surface area contributed by atoms with Crippen molar-refractivity contribution in [3.05, 3.63) is 54.2 Å². The molecule has 1 saturated heterocycles. The first-order valence-electron chi connectivity index (χ1n) is 10.9. The Balaban J connectivity index is 1.20. The molecule has 2 aromatic rings. The van der Waals surface area contributed by atoms with E-state index in [0.29, 0.717) is 0 Å². The van der Waals surface area contributed by atoms with Crippen LogP contribution in [0.2, 0.25) is 0 Å². The number of aromatic nitrogens is 1. The second-order valence-electron chi connectivity index (χ2n) is 8.51. The third-order valence-corrected chi connectivity index (χ3v) is 6.76. The number of benzene rings is 1. The first kappa shape index (κ1) is 20.2. The van der Waals surface area contributed by atoms with E-state index in [0.717, 1.165) is 74.9 Å². The van der Waals surface area contributed by atoms with Crippen LogP contribution in [0.1, 0.15) is 37.7 Å². The van der Waals surface area contributed by atoms with Gasteiger partial charge >= 0.3 is 0 Å². The van der Waals surface area contributed by atoms with Crippen LogP contribution < -0.4 is 9.64 Å². The highest BCUT2D eigenvalue weighted by molar-refractivity contribution is 5.38. The van der Waals surface area contributed by atoms with Crippen molar-refractivity contribution in [3.8, 4) is 5.75 Å². The molecule has 5 nitrogen and oxygen atoms in total. The summed E-state index contributed by atoms with van der Waals surface area (Å²) >= 11 is 0. The number of aliphatic hydroxyl groups is 1. The smallest absolute Gasteiger partial charge is 0.128 e. The minimum Gasteiger partial charge on any atom is -0.497 e. The van der Waals surface area contributed by atoms with Crippen LogP contribution in [0.25, 0.3) is 0 Å². The number of methoxy groups -OCH3 is 1. The third-order valence-electron chi connectivity index (χ3n) is 6.76. The fraction of sp³-hybridized carbons (Fsp3) is 0.542. The van der Waals surface area contributed by atoms with Gasteiger partial charge in [-0.3, -0.25) is 4.90 Å². The Bertz CT molecular complexity index is 749. The van der Waals surface area contributed by atoms with Gasteiger partial charge in [-0.05, 0) is 74.4 Å². The minimum atomic E-state index is -0.670. The van der Waals surface area contributed by atoms with Crippen LogP contribution in [0.15, 0.2) is 48.7 Å². The van der Waals surface area contributed by atoms with E-state index >= 15 is 0 Å². The molecule has 29 heavy (non-hydrogen) atoms. The quantitative estimate of drug-likeness (QED) is 0.809. The summed E-state index contributed by atoms with van der Waals surface area (Å²) < 4.78 is 5.24. The lowest BCUT2D eigenvalue weighted by Gasteiger charge is -2.38. The van der Waals surface area contributed by atoms with E-state index in [4.69, 9.17) is 4.74 Å². The Hall–Kier alpha value is -2.11. The first-order chi connectivity index (χ1) is 14.2. The van der Waals surface area contributed by atoms with Crippen LogP contribution >= 0.6 is 0 Å². The average molecular weight is 396 g/mol. The molecule has 1 aromatic carbocycles. The van der Waals surface area contributed by atoms with E-state index in [9.17, 15) is 5.11 Å². The second-order valence-corrected chi connectivity index (χ2v) is 8.51. The zero-order valence-electron chi connectivity index (χ0n) is 17.5. The lowest BCUT2D eigenvalue weighted by atomic mass is 9.74. The molecule has 1 saturated carbocycles. The van der Waals surface area contributed by atoms with E-state index in [-0.39, 0.29) is 0 Å². The lowest BCUT2D eigenvalue weighted by molar-refractivity contribution is -0.0162. The lowest BCUT2D eigenvalue weighted by Crippen LogP contribution is -2.47. The monoisotopic (exact) mass is 395 g/mol. The highest BCUT2D eigenvalue weighted by Crippen LogP contribution is 2.41. The normalized spacial score (nSPS) is 25.7. The molecular weight excluding hydrogens is 362 g/mol. The molecule has 2 aliphatic rings. The SMILES string of the molecule is COc1ccc(C2(O)CCC(CCN3CCN(c4ccccn4)CC3)CC2)cc1. The van der Waals surface area contributed by atoms with Gasteiger partial charge < -0.3 is 14.7 Å². The van der Waals surface area contributed by atoms with Crippen LogP contribution in [0.3, 0.4) is 0 Å². The topological polar surface area (TPSA) is 48.8 Å². The van der Waals surface area contributed by atoms with E-state index in [1.807, 2.05) is 36.5 Å². The van der Waals surface area contributed by atoms with E-state index in [2.05, 4.69) is 26.9 Å². The zero-order chi connectivity index (χ0) is 20.1. The van der Waals surface area contributed by atoms with Crippen molar-refractivity contribution < 1.29 is 9.84 Å². The van der Waals surface area contributed by atoms with Gasteiger partial charge in [0, 0.05) is 32.4 Å². The van der Waals surface area contributed by atoms with Crippen molar-refractivity contribution in [2.75, 3.05) is 44.7 Å². The van der Waals surface area contributed by atoms with Gasteiger partial charge in [0.15, 0.2) is 0 Å². The van der Waals surface area contributed by atoms with Crippen LogP contribution in [0, 0.1) is 5.92 Å². The summed E-state index contributed by atoms with van der Waals surface area (Å²) in [5.41, 5.74) is 0.360. The van der Waals surface area contributed by atoms with Crippen molar-refractivity contribution in [1.29, 1.82) is 0 Å². The highest BCUT2D eigenvalue weighted by atomic mass is 16.5. The molecule has 0 unspecified atom stereocenters. The molecule has 0 amide bonds. The summed E-state index contributed by atoms with van der Waals surface area (Å²) in [7, 11) is 1.67. The van der Waals surface area contributed by atoms with Crippen LogP contribution in [-0.2, 0) is 5.60 Å². The van der Waals surface area contributed by atoms with Crippen molar-refractivity contribution in [2.45, 2.75) is 37.7 Å². The molecule has 1 aliphatic carbocycles. The van der Waals surface area contributed by atoms with Crippen LogP contribution in [0.4, 0.5) is 5.82 Å². The molecule has 1 aromatic heterocycles. The Kier molecular flexibility index (Phi) is 6.36. The minimum absolute atomic E-state index is 0.670. The van der Waals surface area contributed by atoms with Gasteiger partial charge in [-0.1, -0.05) is 18.2 Å². The van der Waals surface area contributed by atoms with Gasteiger partial charge in [-0.25, -0.2) is 4.98 Å². The number of piperazine rings is 1. The van der Waals surface area contributed by atoms with Crippen molar-refractivity contribution >= 4 is 5.82 Å². The van der Waals surface area contributed by atoms with Crippen LogP contribution in [0.5, 0.6) is 5.75 Å². The van der Waals surface area contributed by atoms with Gasteiger partial charge in [0.2, 0.25) is 0 Å². The summed E-state index contributed by atoms with van der Waals surface area (Å²) in [6, 6.07) is 14.1. The Morgan fingerprint density at radius 2 is 1.76 bits per heavy atom. The van der Waals surface area contributed by atoms with E-state index in [1.54, 1.807) is 7.11 Å². The molecule has 1 N–H and O–H groups in total. The molecule has 2 fully saturated rings. The van der Waals surface area contributed by atoms with Gasteiger partial charge in [-0.2, -0.15) is 0 Å². The Labute approximate surface area is 174 Å². The molecule has 4 rings (SSSR count). The predicted molar refractivity (Wildman–Crippen MR) is 116 cm³/mol. The average Bonchev–Trinajstić information content (AvgIpc) is 2.80. The van der Waals surface area contributed by atoms with E-state index in [1.165, 1.54) is 13.0 Å². The molecular formula is C24H33N3O2. The van der Waals surface area contributed by atoms with Gasteiger partial charge in [0.1, 0.15) is 11.6 Å². The zero-order valence-corrected chi connectivity index (χ0v) is 17.5. The highest BCUT2D eigenvalue weighted by Gasteiger charge is 2.34. The largest absolute Gasteiger partial charge is 0.497 e. The molecule has 5 heteroatoms. The van der Waals surface area contributed by atoms with Gasteiger partial charge in [0.05, 0.1) is 12.7 Å². The molecule has 0 bridgehead atoms. The number of rotatable bonds is 6. The predicted octanol–water partition coefficient (Wildman–Crippen LogP) is 3.68. The molecule has 1 aliphatic heterocycles. The fourth-order valence-corrected chi connectivity index (χ4v) is 4.74. The summed E-state index contributed by atoms with van der Waals surface area (Å²) in [5.74, 6) is 2.66. The maximum absolute atomic E-state index is 11.1. The number of hydrogen-bond donors (Lipinski definition) is 1. The van der Waals surface area contributed by atoms with Crippen molar-refractivity contribution in [3.63, 3.8) is 0 Å². The van der Waals surface area contributed by atoms with E-state index < -0.39 is 5.60 Å². The maximum atomic E-state index is 11.1. The number of nitrogens with zero attached hydrogens (tertiary/aromatic N) is 3. The number of ether oxygens (including phenoxy) is 1. The summed E-state index contributed by atoms with van der Waals surface area (Å²) in [6.07, 6.45) is 7.04.